The quantitative estimate of drug-likeness (QED) is 0.912. The third-order valence-corrected chi connectivity index (χ3v) is 5.38. The normalized spacial score (nSPS) is 24.9. The fourth-order valence-corrected chi connectivity index (χ4v) is 4.07. The summed E-state index contributed by atoms with van der Waals surface area (Å²) < 4.78 is 0. The highest BCUT2D eigenvalue weighted by atomic mass is 32.1. The van der Waals surface area contributed by atoms with Crippen LogP contribution in [0.4, 0.5) is 0 Å². The molecule has 1 aliphatic carbocycles. The van der Waals surface area contributed by atoms with Crippen LogP contribution in [0, 0.1) is 23.2 Å². The number of aromatic nitrogens is 1. The monoisotopic (exact) mass is 303 g/mol. The molecule has 0 saturated carbocycles. The van der Waals surface area contributed by atoms with Gasteiger partial charge in [0.2, 0.25) is 0 Å². The molecule has 1 aliphatic heterocycles. The number of likely N-dealkylation sites (tertiary alicyclic amines) is 1. The number of nitrogens with one attached hydrogen (secondary N) is 1. The molecule has 1 aromatic rings. The lowest BCUT2D eigenvalue weighted by molar-refractivity contribution is 0.102. The van der Waals surface area contributed by atoms with E-state index in [2.05, 4.69) is 54.7 Å². The van der Waals surface area contributed by atoms with Gasteiger partial charge < -0.3 is 10.2 Å². The van der Waals surface area contributed by atoms with E-state index in [0.717, 1.165) is 37.3 Å². The molecular weight excluding hydrogens is 280 g/mol. The summed E-state index contributed by atoms with van der Waals surface area (Å²) in [6.45, 7) is 6.89. The Balaban J connectivity index is 0.00000176. The Morgan fingerprint density at radius 1 is 1.57 bits per heavy atom. The number of nitriles is 1. The summed E-state index contributed by atoms with van der Waals surface area (Å²) in [5, 5.41) is 13.2. The van der Waals surface area contributed by atoms with Crippen LogP contribution < -0.4 is 5.32 Å². The van der Waals surface area contributed by atoms with E-state index in [1.165, 1.54) is 16.2 Å². The second-order valence-electron chi connectivity index (χ2n) is 6.66. The van der Waals surface area contributed by atoms with Gasteiger partial charge in [0.05, 0.1) is 5.69 Å². The van der Waals surface area contributed by atoms with Crippen molar-refractivity contribution in [3.05, 3.63) is 27.7 Å². The molecule has 0 unspecified atom stereocenters. The maximum absolute atomic E-state index is 8.95. The van der Waals surface area contributed by atoms with Crippen LogP contribution in [-0.4, -0.2) is 36.1 Å². The Hall–Kier alpha value is -1.38. The molecule has 21 heavy (non-hydrogen) atoms. The lowest BCUT2D eigenvalue weighted by Gasteiger charge is -2.44. The number of allylic oxidation sites excluding steroid dienone is 1. The summed E-state index contributed by atoms with van der Waals surface area (Å²) in [6, 6.07) is 2.62. The van der Waals surface area contributed by atoms with Crippen molar-refractivity contribution < 1.29 is 1.43 Å². The fourth-order valence-electron chi connectivity index (χ4n) is 3.27. The molecule has 0 spiro atoms. The van der Waals surface area contributed by atoms with Gasteiger partial charge in [-0.25, -0.2) is 4.98 Å². The number of hydrogen-bond donors (Lipinski definition) is 1. The number of piperidine rings is 1. The van der Waals surface area contributed by atoms with Crippen LogP contribution >= 0.6 is 11.3 Å². The first kappa shape index (κ1) is 14.6. The van der Waals surface area contributed by atoms with Crippen LogP contribution in [0.25, 0.3) is 6.08 Å². The smallest absolute Gasteiger partial charge is 0.195 e. The van der Waals surface area contributed by atoms with Crippen molar-refractivity contribution in [3.8, 4) is 6.07 Å². The van der Waals surface area contributed by atoms with E-state index in [4.69, 9.17) is 5.26 Å². The Kier molecular flexibility index (Phi) is 3.76. The predicted molar refractivity (Wildman–Crippen MR) is 87.7 cm³/mol. The third kappa shape index (κ3) is 2.97. The van der Waals surface area contributed by atoms with Crippen molar-refractivity contribution in [2.75, 3.05) is 20.1 Å². The van der Waals surface area contributed by atoms with Gasteiger partial charge >= 0.3 is 0 Å². The van der Waals surface area contributed by atoms with Gasteiger partial charge in [-0.2, -0.15) is 5.26 Å². The maximum atomic E-state index is 8.95. The SMILES string of the molecule is CN1CC[C@H](NC2=Cc3nc(C#N)sc3C[CH]2)C(C)(C)C1.[HH]. The molecule has 1 radical (unpaired) electrons. The molecule has 0 bridgehead atoms. The molecule has 4 nitrogen and oxygen atoms in total. The standard InChI is InChI=1S/C16H21N4S.H2/c1-16(2)10-20(3)7-6-14(16)18-11-4-5-13-12(8-11)19-15(9-17)21-13;/h4,8,14,18H,5-7,10H2,1-3H3;1H/t14-;/m0./s1. The van der Waals surface area contributed by atoms with Crippen LogP contribution in [0.3, 0.4) is 0 Å². The van der Waals surface area contributed by atoms with Crippen molar-refractivity contribution in [1.29, 1.82) is 5.26 Å². The van der Waals surface area contributed by atoms with Gasteiger partial charge in [-0.05, 0) is 37.9 Å². The van der Waals surface area contributed by atoms with Crippen LogP contribution in [0.1, 0.15) is 37.3 Å². The topological polar surface area (TPSA) is 52.0 Å². The highest BCUT2D eigenvalue weighted by Crippen LogP contribution is 2.32. The minimum Gasteiger partial charge on any atom is -0.385 e. The summed E-state index contributed by atoms with van der Waals surface area (Å²) in [5.74, 6) is 0. The van der Waals surface area contributed by atoms with Crippen LogP contribution in [0.2, 0.25) is 0 Å². The van der Waals surface area contributed by atoms with E-state index >= 15 is 0 Å². The van der Waals surface area contributed by atoms with Crippen molar-refractivity contribution in [2.24, 2.45) is 5.41 Å². The van der Waals surface area contributed by atoms with Crippen molar-refractivity contribution in [1.82, 2.24) is 15.2 Å². The minimum absolute atomic E-state index is 0. The Bertz CT molecular complexity index is 614. The highest BCUT2D eigenvalue weighted by Gasteiger charge is 2.35. The van der Waals surface area contributed by atoms with Gasteiger partial charge in [-0.1, -0.05) is 13.8 Å². The zero-order valence-corrected chi connectivity index (χ0v) is 13.6. The third-order valence-electron chi connectivity index (χ3n) is 4.38. The van der Waals surface area contributed by atoms with E-state index in [0.29, 0.717) is 11.0 Å². The first-order valence-corrected chi connectivity index (χ1v) is 8.19. The number of hydrogen-bond acceptors (Lipinski definition) is 5. The van der Waals surface area contributed by atoms with Crippen molar-refractivity contribution >= 4 is 17.4 Å². The molecule has 1 aromatic heterocycles. The average molecular weight is 303 g/mol. The maximum Gasteiger partial charge on any atom is 0.195 e. The second-order valence-corrected chi connectivity index (χ2v) is 7.74. The second kappa shape index (κ2) is 5.43. The number of thiazole rings is 1. The molecule has 3 rings (SSSR count). The molecule has 1 fully saturated rings. The zero-order chi connectivity index (χ0) is 15.0. The Labute approximate surface area is 132 Å². The first-order chi connectivity index (χ1) is 9.98. The molecule has 0 amide bonds. The fraction of sp³-hybridized carbons (Fsp3) is 0.562. The average Bonchev–Trinajstić information content (AvgIpc) is 2.83. The van der Waals surface area contributed by atoms with Gasteiger partial charge in [0, 0.05) is 31.0 Å². The van der Waals surface area contributed by atoms with E-state index in [-0.39, 0.29) is 6.84 Å². The summed E-state index contributed by atoms with van der Waals surface area (Å²) in [4.78, 5) is 7.97. The van der Waals surface area contributed by atoms with Gasteiger partial charge in [-0.3, -0.25) is 0 Å². The van der Waals surface area contributed by atoms with Crippen LogP contribution in [-0.2, 0) is 6.42 Å². The molecule has 1 N–H and O–H groups in total. The Morgan fingerprint density at radius 3 is 3.10 bits per heavy atom. The van der Waals surface area contributed by atoms with E-state index in [9.17, 15) is 0 Å². The molecule has 2 heterocycles. The predicted octanol–water partition coefficient (Wildman–Crippen LogP) is 2.68. The number of fused-ring (bicyclic) bond motifs is 1. The summed E-state index contributed by atoms with van der Waals surface area (Å²) >= 11 is 1.50. The number of nitrogens with zero attached hydrogens (tertiary/aromatic N) is 3. The van der Waals surface area contributed by atoms with Crippen molar-refractivity contribution in [3.63, 3.8) is 0 Å². The molecular formula is C16H23N4S. The molecule has 5 heteroatoms. The van der Waals surface area contributed by atoms with Gasteiger partial charge in [-0.15, -0.1) is 11.3 Å². The lowest BCUT2D eigenvalue weighted by atomic mass is 9.79. The van der Waals surface area contributed by atoms with Gasteiger partial charge in [0.1, 0.15) is 6.07 Å². The molecule has 0 aromatic carbocycles. The van der Waals surface area contributed by atoms with Crippen LogP contribution in [0.5, 0.6) is 0 Å². The Morgan fingerprint density at radius 2 is 2.38 bits per heavy atom. The molecule has 1 atom stereocenters. The first-order valence-electron chi connectivity index (χ1n) is 7.38. The summed E-state index contributed by atoms with van der Waals surface area (Å²) in [5.41, 5.74) is 2.37. The van der Waals surface area contributed by atoms with E-state index in [1.54, 1.807) is 0 Å². The summed E-state index contributed by atoms with van der Waals surface area (Å²) in [6.07, 6.45) is 6.34. The minimum atomic E-state index is 0. The van der Waals surface area contributed by atoms with Crippen molar-refractivity contribution in [2.45, 2.75) is 32.7 Å². The number of rotatable bonds is 2. The zero-order valence-electron chi connectivity index (χ0n) is 12.8. The largest absolute Gasteiger partial charge is 0.385 e. The van der Waals surface area contributed by atoms with Gasteiger partial charge in [0.15, 0.2) is 5.01 Å². The summed E-state index contributed by atoms with van der Waals surface area (Å²) in [7, 11) is 2.19. The highest BCUT2D eigenvalue weighted by molar-refractivity contribution is 7.12. The van der Waals surface area contributed by atoms with E-state index < -0.39 is 0 Å². The van der Waals surface area contributed by atoms with Crippen LogP contribution in [0.15, 0.2) is 5.70 Å². The lowest BCUT2D eigenvalue weighted by Crippen LogP contribution is -2.53. The van der Waals surface area contributed by atoms with E-state index in [1.807, 2.05) is 0 Å². The molecule has 1 saturated heterocycles. The molecule has 113 valence electrons. The van der Waals surface area contributed by atoms with Gasteiger partial charge in [0.25, 0.3) is 0 Å². The molecule has 2 aliphatic rings.